The van der Waals surface area contributed by atoms with E-state index in [-0.39, 0.29) is 30.5 Å². The van der Waals surface area contributed by atoms with Gasteiger partial charge in [0.1, 0.15) is 6.10 Å². The summed E-state index contributed by atoms with van der Waals surface area (Å²) in [5.41, 5.74) is 0.708. The van der Waals surface area contributed by atoms with E-state index < -0.39 is 36.4 Å². The Morgan fingerprint density at radius 3 is 2.34 bits per heavy atom. The summed E-state index contributed by atoms with van der Waals surface area (Å²) in [4.78, 5) is 22.5. The number of rotatable bonds is 16. The fourth-order valence-corrected chi connectivity index (χ4v) is 4.59. The van der Waals surface area contributed by atoms with Gasteiger partial charge in [0.25, 0.3) is 0 Å². The maximum atomic E-state index is 12.1. The van der Waals surface area contributed by atoms with Gasteiger partial charge in [-0.25, -0.2) is 4.79 Å². The van der Waals surface area contributed by atoms with E-state index in [9.17, 15) is 24.9 Å². The van der Waals surface area contributed by atoms with Gasteiger partial charge in [-0.1, -0.05) is 38.2 Å². The number of carboxylic acids is 1. The summed E-state index contributed by atoms with van der Waals surface area (Å²) in [5, 5.41) is 39.5. The van der Waals surface area contributed by atoms with Crippen LogP contribution in [0.5, 0.6) is 0 Å². The van der Waals surface area contributed by atoms with Gasteiger partial charge >= 0.3 is 11.9 Å². The van der Waals surface area contributed by atoms with E-state index >= 15 is 0 Å². The Bertz CT molecular complexity index is 692. The number of esters is 1. The smallest absolute Gasteiger partial charge is 0.330 e. The lowest BCUT2D eigenvalue weighted by Gasteiger charge is -2.38. The average Bonchev–Trinajstić information content (AvgIpc) is 3.55. The van der Waals surface area contributed by atoms with Crippen molar-refractivity contribution in [2.24, 2.45) is 11.8 Å². The number of epoxide rings is 1. The summed E-state index contributed by atoms with van der Waals surface area (Å²) >= 11 is 0. The normalized spacial score (nSPS) is 30.5. The van der Waals surface area contributed by atoms with Gasteiger partial charge in [0.05, 0.1) is 43.7 Å². The van der Waals surface area contributed by atoms with E-state index in [1.54, 1.807) is 13.8 Å². The molecule has 2 heterocycles. The predicted molar refractivity (Wildman–Crippen MR) is 129 cm³/mol. The van der Waals surface area contributed by atoms with Crippen LogP contribution in [0.25, 0.3) is 0 Å². The van der Waals surface area contributed by atoms with Crippen LogP contribution in [0.1, 0.15) is 78.6 Å². The van der Waals surface area contributed by atoms with Crippen LogP contribution < -0.4 is 0 Å². The molecule has 0 amide bonds. The number of aliphatic carboxylic acids is 1. The largest absolute Gasteiger partial charge is 0.481 e. The molecule has 0 aromatic rings. The molecule has 2 rings (SSSR count). The Balaban J connectivity index is 1.62. The molecule has 2 aliphatic rings. The second-order valence-electron chi connectivity index (χ2n) is 10.2. The van der Waals surface area contributed by atoms with Gasteiger partial charge in [-0.2, -0.15) is 0 Å². The van der Waals surface area contributed by atoms with E-state index in [1.807, 2.05) is 6.92 Å². The zero-order valence-corrected chi connectivity index (χ0v) is 21.3. The van der Waals surface area contributed by atoms with Gasteiger partial charge in [-0.3, -0.25) is 4.79 Å². The first-order valence-corrected chi connectivity index (χ1v) is 13.0. The maximum Gasteiger partial charge on any atom is 0.330 e. The molecule has 9 nitrogen and oxygen atoms in total. The summed E-state index contributed by atoms with van der Waals surface area (Å²) in [5.74, 6) is -1.42. The molecule has 2 saturated heterocycles. The fraction of sp³-hybridized carbons (Fsp3) is 0.846. The highest BCUT2D eigenvalue weighted by Gasteiger charge is 2.48. The van der Waals surface area contributed by atoms with Crippen molar-refractivity contribution in [2.45, 2.75) is 115 Å². The molecule has 0 aromatic carbocycles. The summed E-state index contributed by atoms with van der Waals surface area (Å²) in [6.07, 6.45) is 4.61. The first kappa shape index (κ1) is 29.7. The van der Waals surface area contributed by atoms with Gasteiger partial charge in [0, 0.05) is 24.3 Å². The highest BCUT2D eigenvalue weighted by molar-refractivity contribution is 5.82. The first-order valence-electron chi connectivity index (χ1n) is 13.0. The molecule has 0 saturated carbocycles. The maximum absolute atomic E-state index is 12.1. The number of aliphatic hydroxyl groups excluding tert-OH is 3. The third-order valence-corrected chi connectivity index (χ3v) is 7.09. The Kier molecular flexibility index (Phi) is 12.6. The lowest BCUT2D eigenvalue weighted by molar-refractivity contribution is -0.165. The van der Waals surface area contributed by atoms with Gasteiger partial charge in [-0.05, 0) is 39.5 Å². The van der Waals surface area contributed by atoms with Crippen LogP contribution in [0, 0.1) is 11.8 Å². The SMILES string of the molecule is CC(=CC(=O)OCCCCCCCCC(=O)O)CC1OC[C@H](C[C@@H]2O[C@@H]2C(C)C(C)O)[C@@H](O)[C@H]1O. The second kappa shape index (κ2) is 14.9. The number of carbonyl (C=O) groups is 2. The molecule has 2 aliphatic heterocycles. The highest BCUT2D eigenvalue weighted by Crippen LogP contribution is 2.38. The molecule has 2 fully saturated rings. The van der Waals surface area contributed by atoms with Crippen molar-refractivity contribution in [1.29, 1.82) is 0 Å². The van der Waals surface area contributed by atoms with Gasteiger partial charge in [0.15, 0.2) is 0 Å². The summed E-state index contributed by atoms with van der Waals surface area (Å²) in [6, 6.07) is 0. The molecular formula is C26H44O9. The van der Waals surface area contributed by atoms with Crippen LogP contribution in [0.3, 0.4) is 0 Å². The van der Waals surface area contributed by atoms with E-state index in [4.69, 9.17) is 19.3 Å². The topological polar surface area (TPSA) is 146 Å². The number of carboxylic acid groups (broad SMARTS) is 1. The molecule has 0 aliphatic carbocycles. The zero-order chi connectivity index (χ0) is 26.0. The van der Waals surface area contributed by atoms with Crippen LogP contribution in [0.4, 0.5) is 0 Å². The molecular weight excluding hydrogens is 456 g/mol. The Hall–Kier alpha value is -1.52. The van der Waals surface area contributed by atoms with Crippen molar-refractivity contribution in [3.8, 4) is 0 Å². The third-order valence-electron chi connectivity index (χ3n) is 7.09. The highest BCUT2D eigenvalue weighted by atomic mass is 16.6. The van der Waals surface area contributed by atoms with Crippen LogP contribution in [0.2, 0.25) is 0 Å². The van der Waals surface area contributed by atoms with E-state index in [0.717, 1.165) is 32.1 Å². The van der Waals surface area contributed by atoms with Crippen LogP contribution in [-0.2, 0) is 23.8 Å². The second-order valence-corrected chi connectivity index (χ2v) is 10.2. The molecule has 8 atom stereocenters. The Morgan fingerprint density at radius 2 is 1.69 bits per heavy atom. The van der Waals surface area contributed by atoms with Crippen molar-refractivity contribution in [3.63, 3.8) is 0 Å². The van der Waals surface area contributed by atoms with Gasteiger partial charge in [0.2, 0.25) is 0 Å². The number of hydrogen-bond acceptors (Lipinski definition) is 8. The minimum atomic E-state index is -1.06. The monoisotopic (exact) mass is 500 g/mol. The van der Waals surface area contributed by atoms with Crippen LogP contribution >= 0.6 is 0 Å². The molecule has 35 heavy (non-hydrogen) atoms. The number of hydrogen-bond donors (Lipinski definition) is 4. The molecule has 3 unspecified atom stereocenters. The van der Waals surface area contributed by atoms with Crippen LogP contribution in [0.15, 0.2) is 11.6 Å². The van der Waals surface area contributed by atoms with Gasteiger partial charge in [-0.15, -0.1) is 0 Å². The third kappa shape index (κ3) is 10.6. The summed E-state index contributed by atoms with van der Waals surface area (Å²) in [7, 11) is 0. The average molecular weight is 501 g/mol. The summed E-state index contributed by atoms with van der Waals surface area (Å²) in [6.45, 7) is 6.07. The van der Waals surface area contributed by atoms with Crippen molar-refractivity contribution >= 4 is 11.9 Å². The molecule has 0 aromatic heterocycles. The first-order chi connectivity index (χ1) is 16.6. The minimum Gasteiger partial charge on any atom is -0.481 e. The lowest BCUT2D eigenvalue weighted by atomic mass is 9.85. The minimum absolute atomic E-state index is 0.0160. The van der Waals surface area contributed by atoms with E-state index in [0.29, 0.717) is 38.0 Å². The Morgan fingerprint density at radius 1 is 1.03 bits per heavy atom. The molecule has 4 N–H and O–H groups in total. The Labute approximate surface area is 208 Å². The van der Waals surface area contributed by atoms with E-state index in [1.165, 1.54) is 6.08 Å². The van der Waals surface area contributed by atoms with Crippen molar-refractivity contribution in [3.05, 3.63) is 11.6 Å². The quantitative estimate of drug-likeness (QED) is 0.109. The van der Waals surface area contributed by atoms with Crippen molar-refractivity contribution in [1.82, 2.24) is 0 Å². The van der Waals surface area contributed by atoms with Crippen molar-refractivity contribution < 1.29 is 44.2 Å². The number of ether oxygens (including phenoxy) is 3. The molecule has 0 spiro atoms. The zero-order valence-electron chi connectivity index (χ0n) is 21.3. The lowest BCUT2D eigenvalue weighted by Crippen LogP contribution is -2.50. The number of unbranched alkanes of at least 4 members (excludes halogenated alkanes) is 5. The number of carbonyl (C=O) groups excluding carboxylic acids is 1. The van der Waals surface area contributed by atoms with Gasteiger partial charge < -0.3 is 34.6 Å². The predicted octanol–water partition coefficient (Wildman–Crippen LogP) is 2.59. The van der Waals surface area contributed by atoms with E-state index in [2.05, 4.69) is 0 Å². The summed E-state index contributed by atoms with van der Waals surface area (Å²) < 4.78 is 16.7. The van der Waals surface area contributed by atoms with Crippen molar-refractivity contribution in [2.75, 3.05) is 13.2 Å². The molecule has 202 valence electrons. The van der Waals surface area contributed by atoms with Crippen LogP contribution in [-0.4, -0.2) is 82.2 Å². The standard InChI is InChI=1S/C26H44O9/c1-16(13-23(30)33-11-9-7-5-4-6-8-10-22(28)29)12-20-25(32)24(31)19(15-34-20)14-21-26(35-21)17(2)18(3)27/h13,17-21,24-27,31-32H,4-12,14-15H2,1-3H3,(H,28,29)/t17?,18?,19-,20?,21-,24+,25-,26+/m0/s1. The number of aliphatic hydroxyl groups is 3. The molecule has 0 bridgehead atoms. The molecule has 9 heteroatoms. The fourth-order valence-electron chi connectivity index (χ4n) is 4.59. The molecule has 0 radical (unpaired) electrons.